The number of carbonyl (C=O) groups excluding carboxylic acids is 1. The largest absolute Gasteiger partial charge is 0.381 e. The van der Waals surface area contributed by atoms with Crippen molar-refractivity contribution < 1.29 is 4.79 Å². The van der Waals surface area contributed by atoms with Gasteiger partial charge in [-0.25, -0.2) is 9.97 Å². The summed E-state index contributed by atoms with van der Waals surface area (Å²) in [6.07, 6.45) is 7.18. The molecule has 0 aromatic carbocycles. The van der Waals surface area contributed by atoms with Gasteiger partial charge >= 0.3 is 0 Å². The number of hydrogen-bond acceptors (Lipinski definition) is 6. The lowest BCUT2D eigenvalue weighted by Gasteiger charge is -2.38. The van der Waals surface area contributed by atoms with Crippen molar-refractivity contribution in [3.8, 4) is 6.07 Å². The molecule has 8 nitrogen and oxygen atoms in total. The highest BCUT2D eigenvalue weighted by Crippen LogP contribution is 2.29. The van der Waals surface area contributed by atoms with Crippen LogP contribution in [0.25, 0.3) is 11.0 Å². The summed E-state index contributed by atoms with van der Waals surface area (Å²) in [5, 5.41) is 16.2. The summed E-state index contributed by atoms with van der Waals surface area (Å²) in [7, 11) is 1.63. The topological polar surface area (TPSA) is 110 Å². The molecule has 4 rings (SSSR count). The fourth-order valence-electron chi connectivity index (χ4n) is 4.08. The van der Waals surface area contributed by atoms with E-state index in [0.29, 0.717) is 17.3 Å². The van der Waals surface area contributed by atoms with Crippen LogP contribution in [0.5, 0.6) is 0 Å². The number of H-pyrrole nitrogens is 1. The van der Waals surface area contributed by atoms with Gasteiger partial charge in [0.2, 0.25) is 0 Å². The van der Waals surface area contributed by atoms with Crippen molar-refractivity contribution in [2.45, 2.75) is 38.4 Å². The molecule has 1 fully saturated rings. The van der Waals surface area contributed by atoms with Gasteiger partial charge in [0, 0.05) is 56.2 Å². The minimum Gasteiger partial charge on any atom is -0.381 e. The summed E-state index contributed by atoms with van der Waals surface area (Å²) >= 11 is 0. The lowest BCUT2D eigenvalue weighted by Crippen LogP contribution is -2.44. The Morgan fingerprint density at radius 2 is 2.20 bits per heavy atom. The van der Waals surface area contributed by atoms with E-state index < -0.39 is 0 Å². The standard InChI is InChI=1S/C22H25N7O/c1-14-9-16(6-8-29(14)13-15-3-4-17(10-23)26-11-15)28-20-18-5-7-25-21(18)27-12-19(20)22(30)24-2/h3-5,7,11-12,14,16H,6,8-9,13H2,1-2H3,(H,24,30)(H2,25,27,28)/t14-,16-/m0/s1. The fraction of sp³-hybridized carbons (Fsp3) is 0.364. The summed E-state index contributed by atoms with van der Waals surface area (Å²) in [4.78, 5) is 26.4. The molecule has 0 radical (unpaired) electrons. The van der Waals surface area contributed by atoms with Crippen LogP contribution in [0.3, 0.4) is 0 Å². The summed E-state index contributed by atoms with van der Waals surface area (Å²) in [5.41, 5.74) is 3.71. The number of nitrogens with one attached hydrogen (secondary N) is 3. The van der Waals surface area contributed by atoms with Gasteiger partial charge in [0.25, 0.3) is 5.91 Å². The molecule has 2 atom stereocenters. The Hall–Kier alpha value is -3.44. The van der Waals surface area contributed by atoms with E-state index in [2.05, 4.69) is 43.5 Å². The highest BCUT2D eigenvalue weighted by molar-refractivity contribution is 6.06. The van der Waals surface area contributed by atoms with E-state index >= 15 is 0 Å². The van der Waals surface area contributed by atoms with Crippen molar-refractivity contribution >= 4 is 22.6 Å². The number of nitriles is 1. The minimum absolute atomic E-state index is 0.146. The van der Waals surface area contributed by atoms with Gasteiger partial charge in [0.15, 0.2) is 0 Å². The van der Waals surface area contributed by atoms with Gasteiger partial charge in [0.05, 0.1) is 11.3 Å². The van der Waals surface area contributed by atoms with Crippen LogP contribution in [0.15, 0.2) is 36.8 Å². The number of piperidine rings is 1. The maximum Gasteiger partial charge on any atom is 0.254 e. The summed E-state index contributed by atoms with van der Waals surface area (Å²) in [6.45, 7) is 3.98. The Labute approximate surface area is 175 Å². The number of amides is 1. The zero-order chi connectivity index (χ0) is 21.1. The smallest absolute Gasteiger partial charge is 0.254 e. The van der Waals surface area contributed by atoms with Crippen LogP contribution in [0.4, 0.5) is 5.69 Å². The molecular formula is C22H25N7O. The van der Waals surface area contributed by atoms with Gasteiger partial charge in [-0.15, -0.1) is 0 Å². The van der Waals surface area contributed by atoms with E-state index in [4.69, 9.17) is 5.26 Å². The Bertz CT molecular complexity index is 1080. The van der Waals surface area contributed by atoms with Crippen LogP contribution in [0, 0.1) is 11.3 Å². The molecule has 1 amide bonds. The second-order valence-corrected chi connectivity index (χ2v) is 7.71. The van der Waals surface area contributed by atoms with E-state index in [1.54, 1.807) is 25.5 Å². The molecule has 0 aliphatic carbocycles. The first-order valence-corrected chi connectivity index (χ1v) is 10.1. The Morgan fingerprint density at radius 1 is 1.33 bits per heavy atom. The molecule has 3 N–H and O–H groups in total. The lowest BCUT2D eigenvalue weighted by atomic mass is 9.96. The molecule has 0 bridgehead atoms. The number of aromatic amines is 1. The Balaban J connectivity index is 1.47. The molecule has 1 aliphatic heterocycles. The van der Waals surface area contributed by atoms with Crippen molar-refractivity contribution in [2.75, 3.05) is 18.9 Å². The van der Waals surface area contributed by atoms with Gasteiger partial charge in [-0.05, 0) is 37.5 Å². The average Bonchev–Trinajstić information content (AvgIpc) is 3.25. The van der Waals surface area contributed by atoms with Crippen LogP contribution in [0.2, 0.25) is 0 Å². The van der Waals surface area contributed by atoms with Crippen molar-refractivity contribution in [1.29, 1.82) is 5.26 Å². The van der Waals surface area contributed by atoms with Gasteiger partial charge in [-0.3, -0.25) is 9.69 Å². The van der Waals surface area contributed by atoms with Crippen LogP contribution >= 0.6 is 0 Å². The lowest BCUT2D eigenvalue weighted by molar-refractivity contribution is 0.0963. The second-order valence-electron chi connectivity index (χ2n) is 7.71. The molecule has 0 spiro atoms. The number of rotatable bonds is 5. The molecule has 4 heterocycles. The van der Waals surface area contributed by atoms with Crippen LogP contribution in [-0.4, -0.2) is 51.4 Å². The molecule has 0 unspecified atom stereocenters. The van der Waals surface area contributed by atoms with E-state index in [9.17, 15) is 4.79 Å². The first-order valence-electron chi connectivity index (χ1n) is 10.1. The molecule has 154 valence electrons. The summed E-state index contributed by atoms with van der Waals surface area (Å²) < 4.78 is 0. The van der Waals surface area contributed by atoms with E-state index in [-0.39, 0.29) is 11.9 Å². The van der Waals surface area contributed by atoms with Crippen molar-refractivity contribution in [1.82, 2.24) is 25.2 Å². The fourth-order valence-corrected chi connectivity index (χ4v) is 4.08. The molecule has 3 aromatic heterocycles. The first-order chi connectivity index (χ1) is 14.6. The van der Waals surface area contributed by atoms with Crippen LogP contribution < -0.4 is 10.6 Å². The number of carbonyl (C=O) groups is 1. The number of nitrogens with zero attached hydrogens (tertiary/aromatic N) is 4. The molecular weight excluding hydrogens is 378 g/mol. The van der Waals surface area contributed by atoms with E-state index in [0.717, 1.165) is 48.2 Å². The molecule has 8 heteroatoms. The maximum absolute atomic E-state index is 12.4. The molecule has 3 aromatic rings. The summed E-state index contributed by atoms with van der Waals surface area (Å²) in [6, 6.07) is 8.38. The highest BCUT2D eigenvalue weighted by Gasteiger charge is 2.27. The second kappa shape index (κ2) is 8.51. The minimum atomic E-state index is -0.146. The quantitative estimate of drug-likeness (QED) is 0.604. The Kier molecular flexibility index (Phi) is 5.63. The van der Waals surface area contributed by atoms with Crippen molar-refractivity contribution in [2.24, 2.45) is 0 Å². The normalized spacial score (nSPS) is 19.4. The third kappa shape index (κ3) is 3.98. The number of pyridine rings is 2. The van der Waals surface area contributed by atoms with Crippen LogP contribution in [-0.2, 0) is 6.54 Å². The zero-order valence-corrected chi connectivity index (χ0v) is 17.1. The molecule has 1 aliphatic rings. The number of likely N-dealkylation sites (tertiary alicyclic amines) is 1. The first kappa shape index (κ1) is 19.9. The van der Waals surface area contributed by atoms with Gasteiger partial charge in [-0.2, -0.15) is 5.26 Å². The predicted molar refractivity (Wildman–Crippen MR) is 115 cm³/mol. The van der Waals surface area contributed by atoms with Crippen molar-refractivity contribution in [3.05, 3.63) is 53.6 Å². The van der Waals surface area contributed by atoms with Gasteiger partial charge in [0.1, 0.15) is 17.4 Å². The van der Waals surface area contributed by atoms with Gasteiger partial charge < -0.3 is 15.6 Å². The number of anilines is 1. The molecule has 1 saturated heterocycles. The van der Waals surface area contributed by atoms with Crippen LogP contribution in [0.1, 0.15) is 41.4 Å². The summed E-state index contributed by atoms with van der Waals surface area (Å²) in [5.74, 6) is -0.146. The Morgan fingerprint density at radius 3 is 2.90 bits per heavy atom. The SMILES string of the molecule is CNC(=O)c1cnc2[nH]ccc2c1N[C@H]1CCN(Cc2ccc(C#N)nc2)[C@@H](C)C1. The number of hydrogen-bond donors (Lipinski definition) is 3. The van der Waals surface area contributed by atoms with Crippen molar-refractivity contribution in [3.63, 3.8) is 0 Å². The third-order valence-electron chi connectivity index (χ3n) is 5.75. The maximum atomic E-state index is 12.4. The average molecular weight is 403 g/mol. The number of aromatic nitrogens is 3. The predicted octanol–water partition coefficient (Wildman–Crippen LogP) is 2.65. The monoisotopic (exact) mass is 403 g/mol. The zero-order valence-electron chi connectivity index (χ0n) is 17.1. The number of fused-ring (bicyclic) bond motifs is 1. The molecule has 0 saturated carbocycles. The van der Waals surface area contributed by atoms with Gasteiger partial charge in [-0.1, -0.05) is 6.07 Å². The highest BCUT2D eigenvalue weighted by atomic mass is 16.1. The van der Waals surface area contributed by atoms with E-state index in [1.807, 2.05) is 18.3 Å². The van der Waals surface area contributed by atoms with E-state index in [1.165, 1.54) is 0 Å². The molecule has 30 heavy (non-hydrogen) atoms. The third-order valence-corrected chi connectivity index (χ3v) is 5.75.